The Morgan fingerprint density at radius 2 is 1.75 bits per heavy atom. The van der Waals surface area contributed by atoms with Gasteiger partial charge in [0, 0.05) is 35.1 Å². The van der Waals surface area contributed by atoms with E-state index in [2.05, 4.69) is 10.3 Å². The van der Waals surface area contributed by atoms with Gasteiger partial charge in [-0.2, -0.15) is 0 Å². The van der Waals surface area contributed by atoms with Gasteiger partial charge in [-0.05, 0) is 23.1 Å². The van der Waals surface area contributed by atoms with Crippen molar-refractivity contribution in [1.29, 1.82) is 0 Å². The molecule has 2 amide bonds. The Bertz CT molecular complexity index is 1150. The lowest BCUT2D eigenvalue weighted by Crippen LogP contribution is -2.32. The molecular formula is C23H21N3O5S. The van der Waals surface area contributed by atoms with Crippen molar-refractivity contribution >= 4 is 34.4 Å². The first-order valence-electron chi connectivity index (χ1n) is 9.67. The summed E-state index contributed by atoms with van der Waals surface area (Å²) in [5.41, 5.74) is 1.79. The first-order valence-corrected chi connectivity index (χ1v) is 10.6. The number of nitrogens with one attached hydrogen (secondary N) is 1. The summed E-state index contributed by atoms with van der Waals surface area (Å²) in [5.74, 6) is 0.500. The Labute approximate surface area is 189 Å². The van der Waals surface area contributed by atoms with Gasteiger partial charge in [0.05, 0.1) is 33.4 Å². The average molecular weight is 452 g/mol. The minimum atomic E-state index is -0.420. The van der Waals surface area contributed by atoms with Crippen LogP contribution in [0.25, 0.3) is 5.57 Å². The highest BCUT2D eigenvalue weighted by atomic mass is 32.1. The van der Waals surface area contributed by atoms with Crippen LogP contribution in [0, 0.1) is 0 Å². The molecule has 2 aromatic heterocycles. The zero-order valence-corrected chi connectivity index (χ0v) is 18.6. The van der Waals surface area contributed by atoms with Crippen LogP contribution in [0.15, 0.2) is 59.9 Å². The van der Waals surface area contributed by atoms with Gasteiger partial charge in [-0.25, -0.2) is 0 Å². The zero-order chi connectivity index (χ0) is 22.7. The topological polar surface area (TPSA) is 90.0 Å². The largest absolute Gasteiger partial charge is 0.493 e. The summed E-state index contributed by atoms with van der Waals surface area (Å²) < 4.78 is 16.2. The fourth-order valence-corrected chi connectivity index (χ4v) is 4.22. The van der Waals surface area contributed by atoms with Gasteiger partial charge < -0.3 is 19.5 Å². The fourth-order valence-electron chi connectivity index (χ4n) is 3.46. The quantitative estimate of drug-likeness (QED) is 0.524. The summed E-state index contributed by atoms with van der Waals surface area (Å²) in [7, 11) is 4.54. The second kappa shape index (κ2) is 9.11. The Kier molecular flexibility index (Phi) is 6.09. The third-order valence-electron chi connectivity index (χ3n) is 4.93. The molecule has 1 N–H and O–H groups in total. The van der Waals surface area contributed by atoms with Crippen LogP contribution in [-0.2, 0) is 16.1 Å². The standard InChI is InChI=1S/C23H21N3O5S/c1-29-16-10-15(11-17(30-2)21(16)31-3)25-20-19(18-7-5-9-32-18)22(27)26(23(20)28)13-14-6-4-8-24-12-14/h4-12,25H,13H2,1-3H3. The van der Waals surface area contributed by atoms with E-state index in [1.807, 2.05) is 23.6 Å². The minimum Gasteiger partial charge on any atom is -0.493 e. The first kappa shape index (κ1) is 21.4. The lowest BCUT2D eigenvalue weighted by Gasteiger charge is -2.16. The maximum absolute atomic E-state index is 13.3. The van der Waals surface area contributed by atoms with Crippen LogP contribution in [0.4, 0.5) is 5.69 Å². The SMILES string of the molecule is COc1cc(NC2=C(c3cccs3)C(=O)N(Cc3cccnc3)C2=O)cc(OC)c1OC. The molecule has 164 valence electrons. The second-order valence-corrected chi connectivity index (χ2v) is 7.77. The number of rotatable bonds is 8. The van der Waals surface area contributed by atoms with Crippen LogP contribution in [0.1, 0.15) is 10.4 Å². The Hall–Kier alpha value is -3.85. The third kappa shape index (κ3) is 3.90. The molecule has 0 saturated carbocycles. The van der Waals surface area contributed by atoms with Gasteiger partial charge in [0.1, 0.15) is 5.70 Å². The number of carbonyl (C=O) groups excluding carboxylic acids is 2. The van der Waals surface area contributed by atoms with Crippen LogP contribution in [0.5, 0.6) is 17.2 Å². The van der Waals surface area contributed by atoms with Crippen LogP contribution in [-0.4, -0.2) is 43.0 Å². The molecule has 3 heterocycles. The van der Waals surface area contributed by atoms with Crippen molar-refractivity contribution in [3.63, 3.8) is 0 Å². The highest BCUT2D eigenvalue weighted by molar-refractivity contribution is 7.11. The molecular weight excluding hydrogens is 430 g/mol. The van der Waals surface area contributed by atoms with Crippen LogP contribution >= 0.6 is 11.3 Å². The van der Waals surface area contributed by atoms with Crippen molar-refractivity contribution in [3.05, 3.63) is 70.3 Å². The van der Waals surface area contributed by atoms with Gasteiger partial charge in [-0.3, -0.25) is 19.5 Å². The molecule has 0 aliphatic carbocycles. The second-order valence-electron chi connectivity index (χ2n) is 6.82. The van der Waals surface area contributed by atoms with Gasteiger partial charge in [0.25, 0.3) is 11.8 Å². The molecule has 0 saturated heterocycles. The van der Waals surface area contributed by atoms with Crippen molar-refractivity contribution in [2.24, 2.45) is 0 Å². The van der Waals surface area contributed by atoms with E-state index in [0.717, 1.165) is 5.56 Å². The Morgan fingerprint density at radius 3 is 2.31 bits per heavy atom. The number of imide groups is 1. The number of hydrogen-bond donors (Lipinski definition) is 1. The molecule has 1 aliphatic heterocycles. The number of carbonyl (C=O) groups is 2. The molecule has 3 aromatic rings. The van der Waals surface area contributed by atoms with Gasteiger partial charge in [0.15, 0.2) is 11.5 Å². The third-order valence-corrected chi connectivity index (χ3v) is 5.82. The monoisotopic (exact) mass is 451 g/mol. The van der Waals surface area contributed by atoms with Gasteiger partial charge in [0.2, 0.25) is 5.75 Å². The van der Waals surface area contributed by atoms with E-state index in [4.69, 9.17) is 14.2 Å². The van der Waals surface area contributed by atoms with E-state index in [1.54, 1.807) is 30.6 Å². The van der Waals surface area contributed by atoms with Crippen LogP contribution in [0.3, 0.4) is 0 Å². The normalized spacial score (nSPS) is 13.5. The maximum atomic E-state index is 13.3. The van der Waals surface area contributed by atoms with E-state index < -0.39 is 5.91 Å². The van der Waals surface area contributed by atoms with Crippen LogP contribution < -0.4 is 19.5 Å². The molecule has 32 heavy (non-hydrogen) atoms. The number of methoxy groups -OCH3 is 3. The number of pyridine rings is 1. The molecule has 0 unspecified atom stereocenters. The number of ether oxygens (including phenoxy) is 3. The number of benzene rings is 1. The van der Waals surface area contributed by atoms with E-state index in [9.17, 15) is 9.59 Å². The Balaban J connectivity index is 1.74. The van der Waals surface area contributed by atoms with Crippen molar-refractivity contribution in [3.8, 4) is 17.2 Å². The van der Waals surface area contributed by atoms with E-state index in [1.165, 1.54) is 37.6 Å². The average Bonchev–Trinajstić information content (AvgIpc) is 3.42. The highest BCUT2D eigenvalue weighted by Gasteiger charge is 2.39. The summed E-state index contributed by atoms with van der Waals surface area (Å²) in [5, 5.41) is 4.98. The number of anilines is 1. The van der Waals surface area contributed by atoms with Gasteiger partial charge >= 0.3 is 0 Å². The van der Waals surface area contributed by atoms with Crippen molar-refractivity contribution < 1.29 is 23.8 Å². The number of aromatic nitrogens is 1. The summed E-state index contributed by atoms with van der Waals surface area (Å²) in [6.07, 6.45) is 3.28. The molecule has 9 heteroatoms. The number of amides is 2. The molecule has 1 aliphatic rings. The molecule has 0 radical (unpaired) electrons. The minimum absolute atomic E-state index is 0.126. The van der Waals surface area contributed by atoms with Crippen LogP contribution in [0.2, 0.25) is 0 Å². The maximum Gasteiger partial charge on any atom is 0.278 e. The summed E-state index contributed by atoms with van der Waals surface area (Å²) in [4.78, 5) is 32.6. The van der Waals surface area contributed by atoms with Crippen molar-refractivity contribution in [2.75, 3.05) is 26.6 Å². The summed E-state index contributed by atoms with van der Waals surface area (Å²) in [6, 6.07) is 10.6. The van der Waals surface area contributed by atoms with Crippen molar-refractivity contribution in [2.45, 2.75) is 6.54 Å². The van der Waals surface area contributed by atoms with E-state index >= 15 is 0 Å². The number of nitrogens with zero attached hydrogens (tertiary/aromatic N) is 2. The molecule has 0 fully saturated rings. The lowest BCUT2D eigenvalue weighted by molar-refractivity contribution is -0.137. The summed E-state index contributed by atoms with van der Waals surface area (Å²) >= 11 is 1.39. The molecule has 0 spiro atoms. The Morgan fingerprint density at radius 1 is 1.00 bits per heavy atom. The lowest BCUT2D eigenvalue weighted by atomic mass is 10.1. The molecule has 0 atom stereocenters. The highest BCUT2D eigenvalue weighted by Crippen LogP contribution is 2.41. The zero-order valence-electron chi connectivity index (χ0n) is 17.7. The van der Waals surface area contributed by atoms with E-state index in [0.29, 0.717) is 33.4 Å². The predicted octanol–water partition coefficient (Wildman–Crippen LogP) is 3.56. The molecule has 4 rings (SSSR count). The first-order chi connectivity index (χ1) is 15.6. The fraction of sp³-hybridized carbons (Fsp3) is 0.174. The molecule has 8 nitrogen and oxygen atoms in total. The predicted molar refractivity (Wildman–Crippen MR) is 121 cm³/mol. The van der Waals surface area contributed by atoms with E-state index in [-0.39, 0.29) is 18.1 Å². The van der Waals surface area contributed by atoms with Gasteiger partial charge in [-0.1, -0.05) is 12.1 Å². The van der Waals surface area contributed by atoms with Crippen molar-refractivity contribution in [1.82, 2.24) is 9.88 Å². The van der Waals surface area contributed by atoms with Gasteiger partial charge in [-0.15, -0.1) is 11.3 Å². The molecule has 1 aromatic carbocycles. The molecule has 0 bridgehead atoms. The number of thiophene rings is 1. The summed E-state index contributed by atoms with van der Waals surface area (Å²) in [6.45, 7) is 0.126. The smallest absolute Gasteiger partial charge is 0.278 e. The number of hydrogen-bond acceptors (Lipinski definition) is 8.